The first-order chi connectivity index (χ1) is 8.97. The van der Waals surface area contributed by atoms with E-state index in [-0.39, 0.29) is 18.3 Å². The standard InChI is InChI=1S/C14H21NO3S/c1-10-9-13(19(16,17)8-7-18-2)14(15)12-6-4-3-5-11(10)12/h3-6,10,13-14H,7-9,15H2,1-2H3. The fourth-order valence-corrected chi connectivity index (χ4v) is 4.68. The van der Waals surface area contributed by atoms with Crippen LogP contribution in [-0.4, -0.2) is 33.1 Å². The van der Waals surface area contributed by atoms with Gasteiger partial charge >= 0.3 is 0 Å². The second kappa shape index (κ2) is 5.61. The lowest BCUT2D eigenvalue weighted by atomic mass is 9.81. The van der Waals surface area contributed by atoms with E-state index in [1.165, 1.54) is 12.7 Å². The minimum atomic E-state index is -3.22. The molecule has 0 radical (unpaired) electrons. The molecule has 3 unspecified atom stereocenters. The molecule has 0 amide bonds. The molecule has 1 aromatic carbocycles. The van der Waals surface area contributed by atoms with Gasteiger partial charge < -0.3 is 10.5 Å². The molecule has 5 heteroatoms. The molecule has 106 valence electrons. The van der Waals surface area contributed by atoms with Crippen molar-refractivity contribution in [3.63, 3.8) is 0 Å². The van der Waals surface area contributed by atoms with Gasteiger partial charge in [0.15, 0.2) is 9.84 Å². The van der Waals surface area contributed by atoms with Gasteiger partial charge in [-0.25, -0.2) is 8.42 Å². The molecule has 0 heterocycles. The summed E-state index contributed by atoms with van der Waals surface area (Å²) in [5, 5.41) is -0.507. The van der Waals surface area contributed by atoms with Gasteiger partial charge in [-0.05, 0) is 23.5 Å². The van der Waals surface area contributed by atoms with E-state index in [1.807, 2.05) is 24.3 Å². The van der Waals surface area contributed by atoms with E-state index >= 15 is 0 Å². The first-order valence-electron chi connectivity index (χ1n) is 6.52. The maximum Gasteiger partial charge on any atom is 0.157 e. The number of hydrogen-bond donors (Lipinski definition) is 1. The van der Waals surface area contributed by atoms with Crippen LogP contribution in [0.5, 0.6) is 0 Å². The zero-order valence-electron chi connectivity index (χ0n) is 11.4. The van der Waals surface area contributed by atoms with Gasteiger partial charge in [0.2, 0.25) is 0 Å². The predicted octanol–water partition coefficient (Wildman–Crippen LogP) is 1.62. The van der Waals surface area contributed by atoms with Crippen molar-refractivity contribution in [1.82, 2.24) is 0 Å². The van der Waals surface area contributed by atoms with Crippen LogP contribution in [0.1, 0.15) is 36.4 Å². The summed E-state index contributed by atoms with van der Waals surface area (Å²) in [4.78, 5) is 0. The summed E-state index contributed by atoms with van der Waals surface area (Å²) < 4.78 is 29.6. The van der Waals surface area contributed by atoms with Crippen LogP contribution in [0.15, 0.2) is 24.3 Å². The van der Waals surface area contributed by atoms with Gasteiger partial charge in [-0.3, -0.25) is 0 Å². The second-order valence-corrected chi connectivity index (χ2v) is 7.53. The third-order valence-corrected chi connectivity index (χ3v) is 6.05. The van der Waals surface area contributed by atoms with E-state index in [9.17, 15) is 8.42 Å². The molecule has 1 aromatic rings. The zero-order chi connectivity index (χ0) is 14.0. The second-order valence-electron chi connectivity index (χ2n) is 5.19. The third kappa shape index (κ3) is 2.83. The molecule has 2 N–H and O–H groups in total. The van der Waals surface area contributed by atoms with Crippen LogP contribution < -0.4 is 5.73 Å². The molecule has 0 saturated carbocycles. The Hall–Kier alpha value is -0.910. The fraction of sp³-hybridized carbons (Fsp3) is 0.571. The highest BCUT2D eigenvalue weighted by atomic mass is 32.2. The number of rotatable bonds is 4. The Morgan fingerprint density at radius 2 is 1.95 bits per heavy atom. The normalized spacial score (nSPS) is 27.0. The van der Waals surface area contributed by atoms with Crippen LogP contribution >= 0.6 is 0 Å². The molecular formula is C14H21NO3S. The number of hydrogen-bond acceptors (Lipinski definition) is 4. The van der Waals surface area contributed by atoms with Crippen LogP contribution in [0, 0.1) is 0 Å². The van der Waals surface area contributed by atoms with E-state index in [2.05, 4.69) is 6.92 Å². The Morgan fingerprint density at radius 3 is 2.58 bits per heavy atom. The lowest BCUT2D eigenvalue weighted by Crippen LogP contribution is -2.40. The van der Waals surface area contributed by atoms with Crippen LogP contribution in [0.3, 0.4) is 0 Å². The molecule has 0 fully saturated rings. The molecule has 1 aliphatic rings. The number of sulfone groups is 1. The van der Waals surface area contributed by atoms with Gasteiger partial charge in [0.1, 0.15) is 0 Å². The molecule has 0 saturated heterocycles. The van der Waals surface area contributed by atoms with E-state index in [1.54, 1.807) is 0 Å². The maximum absolute atomic E-state index is 12.4. The topological polar surface area (TPSA) is 69.4 Å². The van der Waals surface area contributed by atoms with Gasteiger partial charge in [-0.15, -0.1) is 0 Å². The number of benzene rings is 1. The molecule has 0 aliphatic heterocycles. The highest BCUT2D eigenvalue weighted by Gasteiger charge is 2.38. The largest absolute Gasteiger partial charge is 0.384 e. The smallest absolute Gasteiger partial charge is 0.157 e. The minimum Gasteiger partial charge on any atom is -0.384 e. The van der Waals surface area contributed by atoms with Gasteiger partial charge in [0, 0.05) is 13.2 Å². The lowest BCUT2D eigenvalue weighted by Gasteiger charge is -2.34. The molecule has 4 nitrogen and oxygen atoms in total. The van der Waals surface area contributed by atoms with Crippen LogP contribution in [0.2, 0.25) is 0 Å². The van der Waals surface area contributed by atoms with Crippen molar-refractivity contribution < 1.29 is 13.2 Å². The van der Waals surface area contributed by atoms with Crippen molar-refractivity contribution in [2.24, 2.45) is 5.73 Å². The third-order valence-electron chi connectivity index (χ3n) is 3.91. The van der Waals surface area contributed by atoms with Crippen LogP contribution in [0.4, 0.5) is 0 Å². The van der Waals surface area contributed by atoms with Crippen LogP contribution in [-0.2, 0) is 14.6 Å². The minimum absolute atomic E-state index is 0.0384. The SMILES string of the molecule is COCCS(=O)(=O)C1CC(C)c2ccccc2C1N. The monoisotopic (exact) mass is 283 g/mol. The van der Waals surface area contributed by atoms with Crippen molar-refractivity contribution in [3.05, 3.63) is 35.4 Å². The highest BCUT2D eigenvalue weighted by Crippen LogP contribution is 2.39. The molecule has 3 atom stereocenters. The average molecular weight is 283 g/mol. The summed E-state index contributed by atoms with van der Waals surface area (Å²) in [6.45, 7) is 2.28. The van der Waals surface area contributed by atoms with Crippen molar-refractivity contribution in [1.29, 1.82) is 0 Å². The lowest BCUT2D eigenvalue weighted by molar-refractivity contribution is 0.216. The number of ether oxygens (including phenoxy) is 1. The van der Waals surface area contributed by atoms with Crippen LogP contribution in [0.25, 0.3) is 0 Å². The Labute approximate surface area is 114 Å². The van der Waals surface area contributed by atoms with Crippen molar-refractivity contribution in [2.45, 2.75) is 30.6 Å². The van der Waals surface area contributed by atoms with E-state index in [4.69, 9.17) is 10.5 Å². The molecule has 19 heavy (non-hydrogen) atoms. The zero-order valence-corrected chi connectivity index (χ0v) is 12.2. The summed E-state index contributed by atoms with van der Waals surface area (Å²) in [6, 6.07) is 7.43. The summed E-state index contributed by atoms with van der Waals surface area (Å²) in [7, 11) is -1.71. The number of methoxy groups -OCH3 is 1. The highest BCUT2D eigenvalue weighted by molar-refractivity contribution is 7.92. The molecule has 1 aliphatic carbocycles. The fourth-order valence-electron chi connectivity index (χ4n) is 2.81. The van der Waals surface area contributed by atoms with E-state index in [0.29, 0.717) is 6.42 Å². The maximum atomic E-state index is 12.4. The molecule has 0 bridgehead atoms. The summed E-state index contributed by atoms with van der Waals surface area (Å²) in [5.41, 5.74) is 8.33. The van der Waals surface area contributed by atoms with Gasteiger partial charge in [0.05, 0.1) is 17.6 Å². The van der Waals surface area contributed by atoms with Gasteiger partial charge in [-0.1, -0.05) is 31.2 Å². The molecule has 0 spiro atoms. The summed E-state index contributed by atoms with van der Waals surface area (Å²) in [6.07, 6.45) is 0.588. The van der Waals surface area contributed by atoms with Gasteiger partial charge in [0.25, 0.3) is 0 Å². The Bertz CT molecular complexity index is 541. The van der Waals surface area contributed by atoms with E-state index < -0.39 is 21.1 Å². The number of nitrogens with two attached hydrogens (primary N) is 1. The van der Waals surface area contributed by atoms with Gasteiger partial charge in [-0.2, -0.15) is 0 Å². The predicted molar refractivity (Wildman–Crippen MR) is 75.9 cm³/mol. The summed E-state index contributed by atoms with van der Waals surface area (Å²) in [5.74, 6) is 0.259. The Kier molecular flexibility index (Phi) is 4.28. The quantitative estimate of drug-likeness (QED) is 0.911. The molecule has 2 rings (SSSR count). The first kappa shape index (κ1) is 14.5. The average Bonchev–Trinajstić information content (AvgIpc) is 2.40. The van der Waals surface area contributed by atoms with Crippen molar-refractivity contribution in [3.8, 4) is 0 Å². The number of fused-ring (bicyclic) bond motifs is 1. The summed E-state index contributed by atoms with van der Waals surface area (Å²) >= 11 is 0. The Balaban J connectivity index is 2.32. The first-order valence-corrected chi connectivity index (χ1v) is 8.24. The van der Waals surface area contributed by atoms with Crippen molar-refractivity contribution in [2.75, 3.05) is 19.5 Å². The molecular weight excluding hydrogens is 262 g/mol. The molecule has 0 aromatic heterocycles. The van der Waals surface area contributed by atoms with Crippen molar-refractivity contribution >= 4 is 9.84 Å². The Morgan fingerprint density at radius 1 is 1.32 bits per heavy atom. The van der Waals surface area contributed by atoms with E-state index in [0.717, 1.165) is 5.56 Å².